The van der Waals surface area contributed by atoms with Crippen molar-refractivity contribution in [3.63, 3.8) is 0 Å². The van der Waals surface area contributed by atoms with Crippen molar-refractivity contribution in [3.05, 3.63) is 76.5 Å². The zero-order valence-corrected chi connectivity index (χ0v) is 22.1. The number of aromatic nitrogens is 2. The van der Waals surface area contributed by atoms with E-state index in [2.05, 4.69) is 15.8 Å². The number of ketones is 1. The molecule has 1 aromatic heterocycles. The Bertz CT molecular complexity index is 1360. The van der Waals surface area contributed by atoms with Crippen LogP contribution in [0.2, 0.25) is 0 Å². The molecule has 3 atom stereocenters. The van der Waals surface area contributed by atoms with Crippen molar-refractivity contribution in [1.29, 1.82) is 0 Å². The molecule has 1 aliphatic rings. The highest BCUT2D eigenvalue weighted by atomic mass is 19.1. The maximum absolute atomic E-state index is 13.5. The van der Waals surface area contributed by atoms with Crippen LogP contribution in [0.15, 0.2) is 63.9 Å². The molecule has 0 unspecified atom stereocenters. The van der Waals surface area contributed by atoms with Crippen LogP contribution in [0, 0.1) is 17.7 Å². The Morgan fingerprint density at radius 1 is 1.08 bits per heavy atom. The van der Waals surface area contributed by atoms with E-state index in [1.165, 1.54) is 24.3 Å². The Hall–Kier alpha value is -4.08. The van der Waals surface area contributed by atoms with Crippen LogP contribution in [0.5, 0.6) is 0 Å². The van der Waals surface area contributed by atoms with Gasteiger partial charge >= 0.3 is 5.76 Å². The molecule has 1 aliphatic carbocycles. The number of hydrogen-bond donors (Lipinski definition) is 2. The van der Waals surface area contributed by atoms with E-state index in [0.717, 1.165) is 17.4 Å². The molecule has 10 heteroatoms. The second-order valence-electron chi connectivity index (χ2n) is 10.4. The van der Waals surface area contributed by atoms with Crippen molar-refractivity contribution in [3.8, 4) is 11.4 Å². The second-order valence-corrected chi connectivity index (χ2v) is 10.4. The molecule has 0 saturated heterocycles. The van der Waals surface area contributed by atoms with Gasteiger partial charge in [0, 0.05) is 18.6 Å². The van der Waals surface area contributed by atoms with Crippen LogP contribution in [0.3, 0.4) is 0 Å². The quantitative estimate of drug-likeness (QED) is 0.403. The molecule has 0 aliphatic heterocycles. The number of rotatable bonds is 10. The van der Waals surface area contributed by atoms with Crippen molar-refractivity contribution in [2.24, 2.45) is 11.8 Å². The van der Waals surface area contributed by atoms with Crippen LogP contribution in [-0.2, 0) is 16.1 Å². The summed E-state index contributed by atoms with van der Waals surface area (Å²) in [6.07, 6.45) is 3.35. The highest BCUT2D eigenvalue weighted by Gasteiger charge is 2.34. The Kier molecular flexibility index (Phi) is 9.06. The van der Waals surface area contributed by atoms with Gasteiger partial charge in [0.15, 0.2) is 11.6 Å². The van der Waals surface area contributed by atoms with Gasteiger partial charge in [-0.15, -0.1) is 0 Å². The fourth-order valence-electron chi connectivity index (χ4n) is 4.96. The van der Waals surface area contributed by atoms with Gasteiger partial charge in [-0.25, -0.2) is 13.8 Å². The molecule has 1 fully saturated rings. The van der Waals surface area contributed by atoms with E-state index in [4.69, 9.17) is 4.52 Å². The number of Topliss-reactive ketones (excluding diaryl/α,β-unsaturated/α-hetero) is 1. The van der Waals surface area contributed by atoms with Gasteiger partial charge in [-0.05, 0) is 61.6 Å². The van der Waals surface area contributed by atoms with Crippen LogP contribution in [0.25, 0.3) is 11.4 Å². The highest BCUT2D eigenvalue weighted by Crippen LogP contribution is 2.26. The van der Waals surface area contributed by atoms with E-state index in [9.17, 15) is 23.6 Å². The number of hydrogen-bond acceptors (Lipinski definition) is 6. The third-order valence-electron chi connectivity index (χ3n) is 6.97. The van der Waals surface area contributed by atoms with Crippen molar-refractivity contribution < 1.29 is 24.7 Å². The van der Waals surface area contributed by atoms with E-state index in [1.807, 2.05) is 19.9 Å². The fraction of sp³-hybridized carbons (Fsp3) is 0.414. The summed E-state index contributed by atoms with van der Waals surface area (Å²) < 4.78 is 19.2. The summed E-state index contributed by atoms with van der Waals surface area (Å²) in [5, 5.41) is 9.67. The number of halogens is 1. The SMILES string of the molecule is CC(C)C[C@H](NC(=O)[C@H]1CCCC[C@H]1NC(=O)c1ccccc1)C(=O)Cn1c(-c2ccc(F)cc2)noc1=O.[HH]. The van der Waals surface area contributed by atoms with Crippen molar-refractivity contribution >= 4 is 17.6 Å². The molecule has 2 N–H and O–H groups in total. The Balaban J connectivity index is 0.00000441. The summed E-state index contributed by atoms with van der Waals surface area (Å²) in [6, 6.07) is 12.9. The average molecular weight is 539 g/mol. The van der Waals surface area contributed by atoms with Crippen molar-refractivity contribution in [1.82, 2.24) is 20.4 Å². The number of amides is 2. The molecular formula is C29H35FN4O5. The van der Waals surface area contributed by atoms with Gasteiger partial charge < -0.3 is 10.6 Å². The first-order valence-corrected chi connectivity index (χ1v) is 13.2. The minimum atomic E-state index is -0.854. The van der Waals surface area contributed by atoms with E-state index in [1.54, 1.807) is 24.3 Å². The number of carbonyl (C=O) groups is 3. The van der Waals surface area contributed by atoms with Crippen LogP contribution in [0.1, 0.15) is 57.7 Å². The standard InChI is InChI=1S/C29H33FN4O5.H2/c1-18(2)16-24(25(35)17-34-26(33-39-29(34)38)19-12-14-21(30)15-13-19)32-28(37)22-10-6-7-11-23(22)31-27(36)20-8-4-3-5-9-20;/h3-5,8-9,12-15,18,22-24H,6-7,10-11,16-17H2,1-2H3,(H,31,36)(H,32,37);1H/t22-,23+,24-;/m0./s1. The molecule has 2 aromatic carbocycles. The molecule has 2 amide bonds. The number of nitrogens with zero attached hydrogens (tertiary/aromatic N) is 2. The zero-order chi connectivity index (χ0) is 27.9. The van der Waals surface area contributed by atoms with Gasteiger partial charge in [0.05, 0.1) is 18.5 Å². The third kappa shape index (κ3) is 7.07. The summed E-state index contributed by atoms with van der Waals surface area (Å²) in [4.78, 5) is 52.0. The fourth-order valence-corrected chi connectivity index (χ4v) is 4.96. The largest absolute Gasteiger partial charge is 0.442 e. The van der Waals surface area contributed by atoms with Crippen molar-refractivity contribution in [2.45, 2.75) is 64.6 Å². The topological polar surface area (TPSA) is 123 Å². The summed E-state index contributed by atoms with van der Waals surface area (Å²) in [5.74, 6) is -2.51. The minimum absolute atomic E-state index is 0. The van der Waals surface area contributed by atoms with Gasteiger partial charge in [0.2, 0.25) is 5.91 Å². The van der Waals surface area contributed by atoms with E-state index in [-0.39, 0.29) is 43.4 Å². The predicted molar refractivity (Wildman–Crippen MR) is 144 cm³/mol. The van der Waals surface area contributed by atoms with E-state index in [0.29, 0.717) is 30.4 Å². The normalized spacial score (nSPS) is 17.9. The molecule has 4 rings (SSSR count). The smallest absolute Gasteiger partial charge is 0.349 e. The lowest BCUT2D eigenvalue weighted by Gasteiger charge is -2.32. The monoisotopic (exact) mass is 538 g/mol. The van der Waals surface area contributed by atoms with Crippen LogP contribution >= 0.6 is 0 Å². The van der Waals surface area contributed by atoms with E-state index < -0.39 is 23.5 Å². The molecule has 9 nitrogen and oxygen atoms in total. The third-order valence-corrected chi connectivity index (χ3v) is 6.97. The van der Waals surface area contributed by atoms with Gasteiger partial charge in [-0.2, -0.15) is 0 Å². The molecule has 3 aromatic rings. The summed E-state index contributed by atoms with van der Waals surface area (Å²) in [5.41, 5.74) is 0.935. The molecular weight excluding hydrogens is 503 g/mol. The Morgan fingerprint density at radius 3 is 2.46 bits per heavy atom. The number of carbonyl (C=O) groups excluding carboxylic acids is 3. The minimum Gasteiger partial charge on any atom is -0.349 e. The summed E-state index contributed by atoms with van der Waals surface area (Å²) in [7, 11) is 0. The van der Waals surface area contributed by atoms with E-state index >= 15 is 0 Å². The lowest BCUT2D eigenvalue weighted by Crippen LogP contribution is -2.52. The first-order valence-electron chi connectivity index (χ1n) is 13.2. The maximum atomic E-state index is 13.5. The summed E-state index contributed by atoms with van der Waals surface area (Å²) >= 11 is 0. The first kappa shape index (κ1) is 27.9. The average Bonchev–Trinajstić information content (AvgIpc) is 3.28. The molecule has 1 saturated carbocycles. The lowest BCUT2D eigenvalue weighted by atomic mass is 9.83. The zero-order valence-electron chi connectivity index (χ0n) is 22.1. The Morgan fingerprint density at radius 2 is 1.77 bits per heavy atom. The van der Waals surface area contributed by atoms with Gasteiger partial charge in [0.1, 0.15) is 5.82 Å². The van der Waals surface area contributed by atoms with Gasteiger partial charge in [-0.3, -0.25) is 18.9 Å². The van der Waals surface area contributed by atoms with Crippen LogP contribution < -0.4 is 16.4 Å². The Labute approximate surface area is 227 Å². The highest BCUT2D eigenvalue weighted by molar-refractivity contribution is 5.95. The first-order chi connectivity index (χ1) is 18.7. The van der Waals surface area contributed by atoms with Gasteiger partial charge in [-0.1, -0.05) is 50.0 Å². The lowest BCUT2D eigenvalue weighted by molar-refractivity contribution is -0.132. The molecule has 1 heterocycles. The van der Waals surface area contributed by atoms with Crippen LogP contribution in [-0.4, -0.2) is 39.4 Å². The van der Waals surface area contributed by atoms with Gasteiger partial charge in [0.25, 0.3) is 5.91 Å². The molecule has 0 bridgehead atoms. The molecule has 39 heavy (non-hydrogen) atoms. The molecule has 0 spiro atoms. The van der Waals surface area contributed by atoms with Crippen LogP contribution in [0.4, 0.5) is 4.39 Å². The molecule has 0 radical (unpaired) electrons. The number of nitrogens with one attached hydrogen (secondary N) is 2. The summed E-state index contributed by atoms with van der Waals surface area (Å²) in [6.45, 7) is 3.50. The molecule has 208 valence electrons. The second kappa shape index (κ2) is 12.6. The van der Waals surface area contributed by atoms with Crippen molar-refractivity contribution in [2.75, 3.05) is 0 Å². The number of benzene rings is 2. The predicted octanol–water partition coefficient (Wildman–Crippen LogP) is 3.98. The maximum Gasteiger partial charge on any atom is 0.442 e.